The average molecular weight is 433 g/mol. The van der Waals surface area contributed by atoms with Crippen LogP contribution >= 0.6 is 39.1 Å². The summed E-state index contributed by atoms with van der Waals surface area (Å²) in [4.78, 5) is 12.0. The summed E-state index contributed by atoms with van der Waals surface area (Å²) in [6.07, 6.45) is 0. The van der Waals surface area contributed by atoms with E-state index in [1.165, 1.54) is 7.11 Å². The van der Waals surface area contributed by atoms with Gasteiger partial charge in [-0.25, -0.2) is 0 Å². The predicted octanol–water partition coefficient (Wildman–Crippen LogP) is 5.40. The molecule has 0 saturated heterocycles. The topological polar surface area (TPSA) is 47.6 Å². The smallest absolute Gasteiger partial charge is 0.262 e. The van der Waals surface area contributed by atoms with Crippen LogP contribution < -0.4 is 14.8 Å². The van der Waals surface area contributed by atoms with Crippen molar-refractivity contribution in [2.75, 3.05) is 19.0 Å². The van der Waals surface area contributed by atoms with Crippen molar-refractivity contribution in [3.05, 3.63) is 49.9 Å². The molecule has 0 saturated carbocycles. The number of carbonyl (C=O) groups excluding carboxylic acids is 1. The van der Waals surface area contributed by atoms with Crippen LogP contribution in [0.1, 0.15) is 11.1 Å². The van der Waals surface area contributed by atoms with E-state index in [4.69, 9.17) is 32.7 Å². The summed E-state index contributed by atoms with van der Waals surface area (Å²) < 4.78 is 11.4. The zero-order valence-corrected chi connectivity index (χ0v) is 16.5. The number of amides is 1. The highest BCUT2D eigenvalue weighted by Crippen LogP contribution is 2.35. The Labute approximate surface area is 159 Å². The van der Waals surface area contributed by atoms with Crippen LogP contribution in [0.4, 0.5) is 5.69 Å². The second-order valence-electron chi connectivity index (χ2n) is 5.13. The standard InChI is InChI=1S/C17H16BrCl2NO3/c1-9-6-14(16(18)10(2)17(9)20)24-8-15(22)21-11-4-5-13(23-3)12(19)7-11/h4-7H,8H2,1-3H3,(H,21,22). The van der Waals surface area contributed by atoms with Crippen LogP contribution in [0.2, 0.25) is 10.0 Å². The summed E-state index contributed by atoms with van der Waals surface area (Å²) in [6.45, 7) is 3.63. The minimum Gasteiger partial charge on any atom is -0.495 e. The van der Waals surface area contributed by atoms with E-state index in [-0.39, 0.29) is 12.5 Å². The predicted molar refractivity (Wildman–Crippen MR) is 101 cm³/mol. The van der Waals surface area contributed by atoms with Crippen molar-refractivity contribution in [2.45, 2.75) is 13.8 Å². The van der Waals surface area contributed by atoms with Gasteiger partial charge < -0.3 is 14.8 Å². The van der Waals surface area contributed by atoms with Gasteiger partial charge in [-0.05, 0) is 65.2 Å². The molecule has 2 aromatic rings. The molecule has 1 N–H and O–H groups in total. The Morgan fingerprint density at radius 2 is 1.92 bits per heavy atom. The third-order valence-corrected chi connectivity index (χ3v) is 5.23. The molecule has 0 aliphatic carbocycles. The van der Waals surface area contributed by atoms with E-state index in [0.717, 1.165) is 15.6 Å². The molecule has 0 aliphatic rings. The maximum absolute atomic E-state index is 12.0. The Morgan fingerprint density at radius 3 is 2.54 bits per heavy atom. The fourth-order valence-corrected chi connectivity index (χ4v) is 3.04. The number of benzene rings is 2. The highest BCUT2D eigenvalue weighted by Gasteiger charge is 2.13. The van der Waals surface area contributed by atoms with Crippen molar-refractivity contribution in [1.29, 1.82) is 0 Å². The van der Waals surface area contributed by atoms with E-state index in [9.17, 15) is 4.79 Å². The maximum atomic E-state index is 12.0. The van der Waals surface area contributed by atoms with Gasteiger partial charge in [-0.1, -0.05) is 23.2 Å². The SMILES string of the molecule is COc1ccc(NC(=O)COc2cc(C)c(Cl)c(C)c2Br)cc1Cl. The molecule has 0 unspecified atom stereocenters. The first kappa shape index (κ1) is 18.9. The van der Waals surface area contributed by atoms with Crippen LogP contribution in [0.5, 0.6) is 11.5 Å². The number of rotatable bonds is 5. The summed E-state index contributed by atoms with van der Waals surface area (Å²) in [5.41, 5.74) is 2.32. The highest BCUT2D eigenvalue weighted by atomic mass is 79.9. The Bertz CT molecular complexity index is 781. The monoisotopic (exact) mass is 431 g/mol. The largest absolute Gasteiger partial charge is 0.495 e. The Kier molecular flexibility index (Phi) is 6.38. The zero-order valence-electron chi connectivity index (χ0n) is 13.4. The molecular formula is C17H16BrCl2NO3. The first-order chi connectivity index (χ1) is 11.3. The number of hydrogen-bond donors (Lipinski definition) is 1. The number of ether oxygens (including phenoxy) is 2. The number of anilines is 1. The minimum absolute atomic E-state index is 0.136. The summed E-state index contributed by atoms with van der Waals surface area (Å²) in [5, 5.41) is 3.81. The van der Waals surface area contributed by atoms with Crippen LogP contribution in [0, 0.1) is 13.8 Å². The van der Waals surface area contributed by atoms with Crippen molar-refractivity contribution in [3.63, 3.8) is 0 Å². The van der Waals surface area contributed by atoms with Crippen LogP contribution in [0.15, 0.2) is 28.7 Å². The van der Waals surface area contributed by atoms with Crippen LogP contribution in [-0.2, 0) is 4.79 Å². The molecule has 1 amide bonds. The van der Waals surface area contributed by atoms with Gasteiger partial charge in [0.15, 0.2) is 6.61 Å². The van der Waals surface area contributed by atoms with E-state index in [1.807, 2.05) is 13.8 Å². The average Bonchev–Trinajstić information content (AvgIpc) is 2.55. The Hall–Kier alpha value is -1.43. The van der Waals surface area contributed by atoms with Gasteiger partial charge in [-0.2, -0.15) is 0 Å². The number of methoxy groups -OCH3 is 1. The van der Waals surface area contributed by atoms with E-state index in [1.54, 1.807) is 24.3 Å². The van der Waals surface area contributed by atoms with Gasteiger partial charge in [-0.15, -0.1) is 0 Å². The first-order valence-corrected chi connectivity index (χ1v) is 8.59. The molecular weight excluding hydrogens is 417 g/mol. The molecule has 0 aromatic heterocycles. The molecule has 0 heterocycles. The lowest BCUT2D eigenvalue weighted by molar-refractivity contribution is -0.118. The van der Waals surface area contributed by atoms with Crippen molar-refractivity contribution in [3.8, 4) is 11.5 Å². The molecule has 0 radical (unpaired) electrons. The van der Waals surface area contributed by atoms with Crippen molar-refractivity contribution < 1.29 is 14.3 Å². The Morgan fingerprint density at radius 1 is 1.21 bits per heavy atom. The van der Waals surface area contributed by atoms with Crippen molar-refractivity contribution >= 4 is 50.7 Å². The molecule has 0 bridgehead atoms. The third kappa shape index (κ3) is 4.35. The lowest BCUT2D eigenvalue weighted by Crippen LogP contribution is -2.20. The number of hydrogen-bond acceptors (Lipinski definition) is 3. The lowest BCUT2D eigenvalue weighted by Gasteiger charge is -2.13. The second kappa shape index (κ2) is 8.10. The fraction of sp³-hybridized carbons (Fsp3) is 0.235. The molecule has 0 fully saturated rings. The number of nitrogens with one attached hydrogen (secondary N) is 1. The molecule has 7 heteroatoms. The van der Waals surface area contributed by atoms with Gasteiger partial charge in [0.1, 0.15) is 11.5 Å². The van der Waals surface area contributed by atoms with Gasteiger partial charge in [0.05, 0.1) is 16.6 Å². The van der Waals surface area contributed by atoms with Crippen molar-refractivity contribution in [1.82, 2.24) is 0 Å². The normalized spacial score (nSPS) is 10.4. The van der Waals surface area contributed by atoms with Crippen LogP contribution in [0.25, 0.3) is 0 Å². The fourth-order valence-electron chi connectivity index (χ4n) is 2.09. The molecule has 128 valence electrons. The molecule has 24 heavy (non-hydrogen) atoms. The molecule has 0 spiro atoms. The first-order valence-electron chi connectivity index (χ1n) is 7.05. The van der Waals surface area contributed by atoms with Gasteiger partial charge >= 0.3 is 0 Å². The number of aryl methyl sites for hydroxylation is 1. The molecule has 2 rings (SSSR count). The molecule has 4 nitrogen and oxygen atoms in total. The second-order valence-corrected chi connectivity index (χ2v) is 6.71. The molecule has 0 atom stereocenters. The van der Waals surface area contributed by atoms with Gasteiger partial charge in [0.2, 0.25) is 0 Å². The lowest BCUT2D eigenvalue weighted by atomic mass is 10.1. The third-order valence-electron chi connectivity index (χ3n) is 3.36. The summed E-state index contributed by atoms with van der Waals surface area (Å²) in [5.74, 6) is 0.813. The number of halogens is 3. The van der Waals surface area contributed by atoms with Crippen LogP contribution in [-0.4, -0.2) is 19.6 Å². The van der Waals surface area contributed by atoms with E-state index in [0.29, 0.717) is 27.2 Å². The zero-order chi connectivity index (χ0) is 17.9. The summed E-state index contributed by atoms with van der Waals surface area (Å²) in [7, 11) is 1.53. The Balaban J connectivity index is 2.03. The van der Waals surface area contributed by atoms with Gasteiger partial charge in [0.25, 0.3) is 5.91 Å². The highest BCUT2D eigenvalue weighted by molar-refractivity contribution is 9.10. The minimum atomic E-state index is -0.298. The van der Waals surface area contributed by atoms with Crippen LogP contribution in [0.3, 0.4) is 0 Å². The summed E-state index contributed by atoms with van der Waals surface area (Å²) in [6, 6.07) is 6.79. The molecule has 2 aromatic carbocycles. The quantitative estimate of drug-likeness (QED) is 0.687. The maximum Gasteiger partial charge on any atom is 0.262 e. The van der Waals surface area contributed by atoms with E-state index >= 15 is 0 Å². The van der Waals surface area contributed by atoms with E-state index in [2.05, 4.69) is 21.2 Å². The van der Waals surface area contributed by atoms with Gasteiger partial charge in [0, 0.05) is 10.7 Å². The molecule has 0 aliphatic heterocycles. The van der Waals surface area contributed by atoms with Crippen molar-refractivity contribution in [2.24, 2.45) is 0 Å². The number of carbonyl (C=O) groups is 1. The van der Waals surface area contributed by atoms with Gasteiger partial charge in [-0.3, -0.25) is 4.79 Å². The van der Waals surface area contributed by atoms with E-state index < -0.39 is 0 Å². The summed E-state index contributed by atoms with van der Waals surface area (Å²) >= 11 is 15.6.